The summed E-state index contributed by atoms with van der Waals surface area (Å²) in [5.74, 6) is 2.47. The van der Waals surface area contributed by atoms with Crippen LogP contribution in [-0.4, -0.2) is 36.2 Å². The van der Waals surface area contributed by atoms with Crippen LogP contribution in [0, 0.1) is 0 Å². The summed E-state index contributed by atoms with van der Waals surface area (Å²) in [5, 5.41) is 2.22. The SMILES string of the molecule is S=C(Cc1ccc(Oc2ccc3cc(OCc4ccccc4)ccc3c2)cc1)N1CCOCC1. The summed E-state index contributed by atoms with van der Waals surface area (Å²) in [5.41, 5.74) is 2.34. The van der Waals surface area contributed by atoms with Gasteiger partial charge in [0.25, 0.3) is 0 Å². The zero-order valence-corrected chi connectivity index (χ0v) is 19.8. The smallest absolute Gasteiger partial charge is 0.128 e. The fourth-order valence-electron chi connectivity index (χ4n) is 4.01. The molecule has 1 fully saturated rings. The molecular formula is C29H27NO3S. The summed E-state index contributed by atoms with van der Waals surface area (Å²) in [6, 6.07) is 30.6. The lowest BCUT2D eigenvalue weighted by Gasteiger charge is -2.29. The molecule has 0 bridgehead atoms. The van der Waals surface area contributed by atoms with E-state index in [1.54, 1.807) is 0 Å². The summed E-state index contributed by atoms with van der Waals surface area (Å²) in [6.45, 7) is 3.81. The zero-order valence-electron chi connectivity index (χ0n) is 19.0. The molecule has 0 amide bonds. The predicted octanol–water partition coefficient (Wildman–Crippen LogP) is 6.41. The molecule has 4 aromatic rings. The van der Waals surface area contributed by atoms with Crippen LogP contribution in [-0.2, 0) is 17.8 Å². The van der Waals surface area contributed by atoms with Crippen molar-refractivity contribution >= 4 is 28.0 Å². The van der Waals surface area contributed by atoms with E-state index in [1.807, 2.05) is 42.5 Å². The molecule has 172 valence electrons. The summed E-state index contributed by atoms with van der Waals surface area (Å²) >= 11 is 5.62. The number of hydrogen-bond donors (Lipinski definition) is 0. The summed E-state index contributed by atoms with van der Waals surface area (Å²) < 4.78 is 17.5. The molecule has 1 aliphatic rings. The molecule has 5 rings (SSSR count). The van der Waals surface area contributed by atoms with Crippen LogP contribution in [0.1, 0.15) is 11.1 Å². The summed E-state index contributed by atoms with van der Waals surface area (Å²) in [4.78, 5) is 3.20. The van der Waals surface area contributed by atoms with Gasteiger partial charge >= 0.3 is 0 Å². The van der Waals surface area contributed by atoms with Crippen LogP contribution >= 0.6 is 12.2 Å². The van der Waals surface area contributed by atoms with Gasteiger partial charge in [0.2, 0.25) is 0 Å². The molecule has 0 saturated carbocycles. The van der Waals surface area contributed by atoms with Crippen molar-refractivity contribution in [1.82, 2.24) is 4.90 Å². The van der Waals surface area contributed by atoms with E-state index in [9.17, 15) is 0 Å². The van der Waals surface area contributed by atoms with Gasteiger partial charge in [0, 0.05) is 19.5 Å². The number of morpholine rings is 1. The number of ether oxygens (including phenoxy) is 3. The molecule has 5 heteroatoms. The van der Waals surface area contributed by atoms with E-state index in [0.29, 0.717) is 6.61 Å². The highest BCUT2D eigenvalue weighted by molar-refractivity contribution is 7.80. The molecular weight excluding hydrogens is 442 g/mol. The van der Waals surface area contributed by atoms with E-state index >= 15 is 0 Å². The Morgan fingerprint density at radius 2 is 1.38 bits per heavy atom. The molecule has 1 heterocycles. The average molecular weight is 470 g/mol. The van der Waals surface area contributed by atoms with Crippen molar-refractivity contribution in [3.05, 3.63) is 102 Å². The second kappa shape index (κ2) is 10.7. The van der Waals surface area contributed by atoms with Gasteiger partial charge in [-0.25, -0.2) is 0 Å². The molecule has 0 aliphatic carbocycles. The van der Waals surface area contributed by atoms with Gasteiger partial charge < -0.3 is 19.1 Å². The molecule has 0 unspecified atom stereocenters. The standard InChI is InChI=1S/C29H27NO3S/c34-29(30-14-16-31-17-15-30)18-22-6-10-26(11-7-22)33-28-13-9-24-19-27(12-8-25(24)20-28)32-21-23-4-2-1-3-5-23/h1-13,19-20H,14-18,21H2. The number of thiocarbonyl (C=S) groups is 1. The molecule has 1 saturated heterocycles. The Labute approximate surface area is 205 Å². The van der Waals surface area contributed by atoms with Gasteiger partial charge in [-0.3, -0.25) is 0 Å². The maximum absolute atomic E-state index is 6.11. The first-order chi connectivity index (χ1) is 16.7. The van der Waals surface area contributed by atoms with Gasteiger partial charge in [-0.2, -0.15) is 0 Å². The van der Waals surface area contributed by atoms with Crippen LogP contribution in [0.25, 0.3) is 10.8 Å². The van der Waals surface area contributed by atoms with Gasteiger partial charge in [-0.15, -0.1) is 0 Å². The third kappa shape index (κ3) is 5.74. The largest absolute Gasteiger partial charge is 0.489 e. The summed E-state index contributed by atoms with van der Waals surface area (Å²) in [7, 11) is 0. The number of fused-ring (bicyclic) bond motifs is 1. The van der Waals surface area contributed by atoms with Crippen LogP contribution < -0.4 is 9.47 Å². The minimum atomic E-state index is 0.556. The van der Waals surface area contributed by atoms with Gasteiger partial charge in [-0.1, -0.05) is 66.8 Å². The first-order valence-corrected chi connectivity index (χ1v) is 12.0. The van der Waals surface area contributed by atoms with E-state index in [2.05, 4.69) is 53.4 Å². The van der Waals surface area contributed by atoms with Crippen LogP contribution in [0.2, 0.25) is 0 Å². The first-order valence-electron chi connectivity index (χ1n) is 11.6. The predicted molar refractivity (Wildman–Crippen MR) is 140 cm³/mol. The Kier molecular flexibility index (Phi) is 7.03. The minimum Gasteiger partial charge on any atom is -0.489 e. The lowest BCUT2D eigenvalue weighted by Crippen LogP contribution is -2.40. The highest BCUT2D eigenvalue weighted by Gasteiger charge is 2.14. The van der Waals surface area contributed by atoms with Crippen molar-refractivity contribution in [2.75, 3.05) is 26.3 Å². The second-order valence-electron chi connectivity index (χ2n) is 8.36. The number of benzene rings is 4. The highest BCUT2D eigenvalue weighted by Crippen LogP contribution is 2.28. The van der Waals surface area contributed by atoms with Crippen molar-refractivity contribution in [3.8, 4) is 17.2 Å². The fourth-order valence-corrected chi connectivity index (χ4v) is 4.36. The van der Waals surface area contributed by atoms with E-state index in [0.717, 1.165) is 71.3 Å². The number of hydrogen-bond acceptors (Lipinski definition) is 4. The molecule has 34 heavy (non-hydrogen) atoms. The zero-order chi connectivity index (χ0) is 23.2. The maximum Gasteiger partial charge on any atom is 0.128 e. The molecule has 4 aromatic carbocycles. The van der Waals surface area contributed by atoms with Crippen molar-refractivity contribution < 1.29 is 14.2 Å². The molecule has 4 nitrogen and oxygen atoms in total. The third-order valence-corrected chi connectivity index (χ3v) is 6.31. The van der Waals surface area contributed by atoms with Crippen molar-refractivity contribution in [2.24, 2.45) is 0 Å². The first kappa shape index (κ1) is 22.4. The molecule has 0 N–H and O–H groups in total. The monoisotopic (exact) mass is 469 g/mol. The topological polar surface area (TPSA) is 30.9 Å². The molecule has 0 aromatic heterocycles. The van der Waals surface area contributed by atoms with Crippen LogP contribution in [0.15, 0.2) is 91.0 Å². The van der Waals surface area contributed by atoms with E-state index in [-0.39, 0.29) is 0 Å². The molecule has 0 radical (unpaired) electrons. The number of rotatable bonds is 7. The second-order valence-corrected chi connectivity index (χ2v) is 8.83. The van der Waals surface area contributed by atoms with Crippen LogP contribution in [0.4, 0.5) is 0 Å². The highest BCUT2D eigenvalue weighted by atomic mass is 32.1. The average Bonchev–Trinajstić information content (AvgIpc) is 2.89. The Morgan fingerprint density at radius 1 is 0.735 bits per heavy atom. The number of nitrogens with zero attached hydrogens (tertiary/aromatic N) is 1. The van der Waals surface area contributed by atoms with Crippen molar-refractivity contribution in [3.63, 3.8) is 0 Å². The lowest BCUT2D eigenvalue weighted by atomic mass is 10.1. The van der Waals surface area contributed by atoms with Crippen LogP contribution in [0.5, 0.6) is 17.2 Å². The molecule has 1 aliphatic heterocycles. The van der Waals surface area contributed by atoms with Crippen LogP contribution in [0.3, 0.4) is 0 Å². The van der Waals surface area contributed by atoms with E-state index < -0.39 is 0 Å². The lowest BCUT2D eigenvalue weighted by molar-refractivity contribution is 0.0684. The Balaban J connectivity index is 1.20. The van der Waals surface area contributed by atoms with Gasteiger partial charge in [0.05, 0.1) is 18.2 Å². The van der Waals surface area contributed by atoms with Gasteiger partial charge in [0.15, 0.2) is 0 Å². The van der Waals surface area contributed by atoms with Crippen molar-refractivity contribution in [2.45, 2.75) is 13.0 Å². The summed E-state index contributed by atoms with van der Waals surface area (Å²) in [6.07, 6.45) is 0.764. The van der Waals surface area contributed by atoms with E-state index in [1.165, 1.54) is 5.56 Å². The quantitative estimate of drug-likeness (QED) is 0.292. The Hall–Kier alpha value is -3.41. The molecule has 0 spiro atoms. The van der Waals surface area contributed by atoms with Gasteiger partial charge in [-0.05, 0) is 58.3 Å². The van der Waals surface area contributed by atoms with Gasteiger partial charge in [0.1, 0.15) is 23.9 Å². The normalized spacial score (nSPS) is 13.6. The third-order valence-electron chi connectivity index (χ3n) is 5.91. The van der Waals surface area contributed by atoms with Crippen molar-refractivity contribution in [1.29, 1.82) is 0 Å². The van der Waals surface area contributed by atoms with E-state index in [4.69, 9.17) is 26.4 Å². The maximum atomic E-state index is 6.11. The molecule has 0 atom stereocenters. The Bertz CT molecular complexity index is 1250. The Morgan fingerprint density at radius 3 is 2.12 bits per heavy atom. The minimum absolute atomic E-state index is 0.556. The fraction of sp³-hybridized carbons (Fsp3) is 0.207.